The third-order valence-corrected chi connectivity index (χ3v) is 3.37. The number of alkyl halides is 1. The average Bonchev–Trinajstić information content (AvgIpc) is 2.28. The third kappa shape index (κ3) is 4.33. The number of halogens is 3. The molecule has 0 N–H and O–H groups in total. The zero-order valence-corrected chi connectivity index (χ0v) is 13.3. The Labute approximate surface area is 123 Å². The number of nitrogens with zero attached hydrogens (tertiary/aromatic N) is 1. The number of carbonyl (C=O) groups is 1. The molecule has 18 heavy (non-hydrogen) atoms. The molecule has 1 atom stereocenters. The molecule has 0 heterocycles. The van der Waals surface area contributed by atoms with Gasteiger partial charge in [0.2, 0.25) is 0 Å². The van der Waals surface area contributed by atoms with Crippen LogP contribution in [0.2, 0.25) is 0 Å². The Morgan fingerprint density at radius 3 is 2.78 bits per heavy atom. The molecule has 0 aromatic heterocycles. The molecule has 1 amide bonds. The van der Waals surface area contributed by atoms with Crippen LogP contribution in [0.25, 0.3) is 0 Å². The first-order chi connectivity index (χ1) is 8.45. The van der Waals surface area contributed by atoms with E-state index < -0.39 is 5.82 Å². The van der Waals surface area contributed by atoms with Crippen molar-refractivity contribution < 1.29 is 13.9 Å². The molecule has 0 bridgehead atoms. The third-order valence-electron chi connectivity index (χ3n) is 2.33. The quantitative estimate of drug-likeness (QED) is 0.732. The second kappa shape index (κ2) is 7.21. The number of hydrogen-bond acceptors (Lipinski definition) is 2. The van der Waals surface area contributed by atoms with Gasteiger partial charge in [0.15, 0.2) is 0 Å². The van der Waals surface area contributed by atoms with Gasteiger partial charge in [-0.2, -0.15) is 0 Å². The number of rotatable bonds is 5. The zero-order valence-electron chi connectivity index (χ0n) is 10.1. The molecule has 1 aromatic rings. The highest BCUT2D eigenvalue weighted by Gasteiger charge is 2.18. The standard InChI is InChI=1S/C12H14Br2FNO2/c1-16(6-9(14)7-18-2)12(17)10-4-3-8(13)5-11(10)15/h3-5,9H,6-7H2,1-2H3. The number of hydrogen-bond donors (Lipinski definition) is 0. The lowest BCUT2D eigenvalue weighted by molar-refractivity contribution is 0.0779. The zero-order chi connectivity index (χ0) is 13.7. The number of benzene rings is 1. The molecule has 1 rings (SSSR count). The summed E-state index contributed by atoms with van der Waals surface area (Å²) in [6.07, 6.45) is 0. The largest absolute Gasteiger partial charge is 0.383 e. The van der Waals surface area contributed by atoms with E-state index in [1.165, 1.54) is 17.0 Å². The molecule has 3 nitrogen and oxygen atoms in total. The van der Waals surface area contributed by atoms with Gasteiger partial charge >= 0.3 is 0 Å². The fraction of sp³-hybridized carbons (Fsp3) is 0.417. The minimum absolute atomic E-state index is 0.0231. The SMILES string of the molecule is COCC(Br)CN(C)C(=O)c1ccc(Br)cc1F. The summed E-state index contributed by atoms with van der Waals surface area (Å²) in [7, 11) is 3.22. The fourth-order valence-electron chi connectivity index (χ4n) is 1.48. The Morgan fingerprint density at radius 2 is 2.22 bits per heavy atom. The topological polar surface area (TPSA) is 29.5 Å². The average molecular weight is 383 g/mol. The van der Waals surface area contributed by atoms with Crippen molar-refractivity contribution in [3.63, 3.8) is 0 Å². The molecule has 1 unspecified atom stereocenters. The van der Waals surface area contributed by atoms with E-state index in [1.54, 1.807) is 20.2 Å². The fourth-order valence-corrected chi connectivity index (χ4v) is 2.51. The van der Waals surface area contributed by atoms with Gasteiger partial charge in [0, 0.05) is 25.2 Å². The lowest BCUT2D eigenvalue weighted by Gasteiger charge is -2.20. The molecule has 0 aliphatic heterocycles. The summed E-state index contributed by atoms with van der Waals surface area (Å²) < 4.78 is 19.2. The number of carbonyl (C=O) groups excluding carboxylic acids is 1. The second-order valence-electron chi connectivity index (χ2n) is 3.86. The highest BCUT2D eigenvalue weighted by atomic mass is 79.9. The highest BCUT2D eigenvalue weighted by molar-refractivity contribution is 9.10. The van der Waals surface area contributed by atoms with Crippen LogP contribution in [0.1, 0.15) is 10.4 Å². The number of ether oxygens (including phenoxy) is 1. The normalized spacial score (nSPS) is 12.3. The highest BCUT2D eigenvalue weighted by Crippen LogP contribution is 2.17. The van der Waals surface area contributed by atoms with Crippen LogP contribution < -0.4 is 0 Å². The Morgan fingerprint density at radius 1 is 1.56 bits per heavy atom. The molecule has 0 saturated carbocycles. The summed E-state index contributed by atoms with van der Waals surface area (Å²) >= 11 is 6.54. The van der Waals surface area contributed by atoms with Crippen molar-refractivity contribution in [1.29, 1.82) is 0 Å². The van der Waals surface area contributed by atoms with E-state index in [0.29, 0.717) is 17.6 Å². The maximum Gasteiger partial charge on any atom is 0.256 e. The van der Waals surface area contributed by atoms with Crippen LogP contribution in [0.3, 0.4) is 0 Å². The summed E-state index contributed by atoms with van der Waals surface area (Å²) in [5.41, 5.74) is 0.0674. The van der Waals surface area contributed by atoms with Gasteiger partial charge in [0.05, 0.1) is 17.0 Å². The van der Waals surface area contributed by atoms with Crippen LogP contribution in [0, 0.1) is 5.82 Å². The van der Waals surface area contributed by atoms with Gasteiger partial charge in [0.25, 0.3) is 5.91 Å². The van der Waals surface area contributed by atoms with Crippen molar-refractivity contribution in [2.45, 2.75) is 4.83 Å². The van der Waals surface area contributed by atoms with E-state index in [1.807, 2.05) is 0 Å². The monoisotopic (exact) mass is 381 g/mol. The first-order valence-corrected chi connectivity index (χ1v) is 7.00. The van der Waals surface area contributed by atoms with Crippen LogP contribution in [0.4, 0.5) is 4.39 Å². The maximum atomic E-state index is 13.6. The summed E-state index contributed by atoms with van der Waals surface area (Å²) in [6.45, 7) is 0.933. The van der Waals surface area contributed by atoms with Gasteiger partial charge < -0.3 is 9.64 Å². The molecular formula is C12H14Br2FNO2. The summed E-state index contributed by atoms with van der Waals surface area (Å²) in [5.74, 6) is -0.875. The number of amides is 1. The lowest BCUT2D eigenvalue weighted by Crippen LogP contribution is -2.34. The maximum absolute atomic E-state index is 13.6. The van der Waals surface area contributed by atoms with Crippen LogP contribution in [-0.4, -0.2) is 42.9 Å². The van der Waals surface area contributed by atoms with E-state index in [4.69, 9.17) is 4.74 Å². The van der Waals surface area contributed by atoms with E-state index in [-0.39, 0.29) is 16.3 Å². The summed E-state index contributed by atoms with van der Waals surface area (Å²) in [6, 6.07) is 4.39. The van der Waals surface area contributed by atoms with Crippen molar-refractivity contribution in [2.24, 2.45) is 0 Å². The van der Waals surface area contributed by atoms with Gasteiger partial charge in [-0.15, -0.1) is 0 Å². The van der Waals surface area contributed by atoms with Crippen molar-refractivity contribution >= 4 is 37.8 Å². The first-order valence-electron chi connectivity index (χ1n) is 5.29. The molecule has 1 aromatic carbocycles. The van der Waals surface area contributed by atoms with Crippen molar-refractivity contribution in [3.8, 4) is 0 Å². The van der Waals surface area contributed by atoms with E-state index in [2.05, 4.69) is 31.9 Å². The predicted molar refractivity (Wildman–Crippen MR) is 75.7 cm³/mol. The van der Waals surface area contributed by atoms with E-state index in [9.17, 15) is 9.18 Å². The Hall–Kier alpha value is -0.460. The molecule has 0 saturated heterocycles. The Bertz CT molecular complexity index is 429. The van der Waals surface area contributed by atoms with Crippen LogP contribution in [-0.2, 0) is 4.74 Å². The van der Waals surface area contributed by atoms with Crippen molar-refractivity contribution in [2.75, 3.05) is 27.3 Å². The van der Waals surface area contributed by atoms with Gasteiger partial charge in [-0.1, -0.05) is 31.9 Å². The number of methoxy groups -OCH3 is 1. The molecular weight excluding hydrogens is 369 g/mol. The van der Waals surface area contributed by atoms with Gasteiger partial charge in [-0.05, 0) is 18.2 Å². The smallest absolute Gasteiger partial charge is 0.256 e. The molecule has 0 aliphatic rings. The Balaban J connectivity index is 2.74. The molecule has 0 aliphatic carbocycles. The summed E-state index contributed by atoms with van der Waals surface area (Å²) in [5, 5.41) is 0. The van der Waals surface area contributed by atoms with Gasteiger partial charge in [0.1, 0.15) is 5.82 Å². The van der Waals surface area contributed by atoms with Crippen LogP contribution in [0.5, 0.6) is 0 Å². The first kappa shape index (κ1) is 15.6. The van der Waals surface area contributed by atoms with Crippen LogP contribution >= 0.6 is 31.9 Å². The minimum atomic E-state index is -0.529. The minimum Gasteiger partial charge on any atom is -0.383 e. The molecule has 100 valence electrons. The summed E-state index contributed by atoms with van der Waals surface area (Å²) in [4.78, 5) is 13.5. The van der Waals surface area contributed by atoms with E-state index >= 15 is 0 Å². The molecule has 0 radical (unpaired) electrons. The predicted octanol–water partition coefficient (Wildman–Crippen LogP) is 3.07. The Kier molecular flexibility index (Phi) is 6.25. The van der Waals surface area contributed by atoms with Crippen molar-refractivity contribution in [1.82, 2.24) is 4.90 Å². The van der Waals surface area contributed by atoms with Crippen LogP contribution in [0.15, 0.2) is 22.7 Å². The molecule has 6 heteroatoms. The second-order valence-corrected chi connectivity index (χ2v) is 6.07. The lowest BCUT2D eigenvalue weighted by atomic mass is 10.2. The van der Waals surface area contributed by atoms with Crippen molar-refractivity contribution in [3.05, 3.63) is 34.1 Å². The molecule has 0 spiro atoms. The molecule has 0 fully saturated rings. The van der Waals surface area contributed by atoms with Gasteiger partial charge in [-0.25, -0.2) is 4.39 Å². The van der Waals surface area contributed by atoms with Gasteiger partial charge in [-0.3, -0.25) is 4.79 Å². The van der Waals surface area contributed by atoms with E-state index in [0.717, 1.165) is 0 Å².